The maximum Gasteiger partial charge on any atom is 0.250 e. The molecule has 7 heteroatoms. The molecule has 1 aromatic heterocycles. The van der Waals surface area contributed by atoms with E-state index in [4.69, 9.17) is 5.53 Å². The summed E-state index contributed by atoms with van der Waals surface area (Å²) in [6.07, 6.45) is -1.07. The first-order valence-electron chi connectivity index (χ1n) is 4.62. The van der Waals surface area contributed by atoms with Crippen molar-refractivity contribution in [3.63, 3.8) is 0 Å². The number of aliphatic hydroxyl groups excluding tert-OH is 2. The van der Waals surface area contributed by atoms with Crippen molar-refractivity contribution in [2.75, 3.05) is 6.54 Å². The Labute approximate surface area is 91.0 Å². The second-order valence-electron chi connectivity index (χ2n) is 3.37. The zero-order valence-corrected chi connectivity index (χ0v) is 8.66. The topological polar surface area (TPSA) is 122 Å². The first-order valence-corrected chi connectivity index (χ1v) is 4.62. The standard InChI is InChI=1S/C9H12N4O3/c1-5-2-6(3-11-9(5)16)8(15)7(14)4-12-13-10/h2-3,7-8,14-15H,4H2,1H3,(H,11,16). The van der Waals surface area contributed by atoms with E-state index in [0.717, 1.165) is 0 Å². The molecule has 16 heavy (non-hydrogen) atoms. The van der Waals surface area contributed by atoms with Gasteiger partial charge in [-0.15, -0.1) is 0 Å². The predicted octanol–water partition coefficient (Wildman–Crippen LogP) is 0.388. The SMILES string of the molecule is Cc1cc(C(O)C(O)CN=[N+]=[N-])c[nH]c1=O. The van der Waals surface area contributed by atoms with Gasteiger partial charge >= 0.3 is 0 Å². The van der Waals surface area contributed by atoms with Crippen molar-refractivity contribution < 1.29 is 10.2 Å². The molecule has 0 aliphatic heterocycles. The molecule has 0 radical (unpaired) electrons. The van der Waals surface area contributed by atoms with Gasteiger partial charge in [-0.25, -0.2) is 0 Å². The number of pyridine rings is 1. The number of H-pyrrole nitrogens is 1. The van der Waals surface area contributed by atoms with E-state index in [2.05, 4.69) is 15.0 Å². The molecule has 0 bridgehead atoms. The third kappa shape index (κ3) is 2.83. The third-order valence-electron chi connectivity index (χ3n) is 2.15. The summed E-state index contributed by atoms with van der Waals surface area (Å²) in [5, 5.41) is 22.3. The van der Waals surface area contributed by atoms with Crippen molar-refractivity contribution in [3.8, 4) is 0 Å². The van der Waals surface area contributed by atoms with Gasteiger partial charge in [0.2, 0.25) is 0 Å². The summed E-state index contributed by atoms with van der Waals surface area (Å²) in [5.41, 5.74) is 8.63. The summed E-state index contributed by atoms with van der Waals surface area (Å²) in [5.74, 6) is 0. The molecule has 0 saturated heterocycles. The highest BCUT2D eigenvalue weighted by atomic mass is 16.3. The smallest absolute Gasteiger partial charge is 0.250 e. The van der Waals surface area contributed by atoms with Crippen molar-refractivity contribution in [1.82, 2.24) is 4.98 Å². The van der Waals surface area contributed by atoms with Crippen LogP contribution < -0.4 is 5.56 Å². The van der Waals surface area contributed by atoms with Crippen molar-refractivity contribution in [2.24, 2.45) is 5.11 Å². The highest BCUT2D eigenvalue weighted by Gasteiger charge is 2.18. The lowest BCUT2D eigenvalue weighted by molar-refractivity contribution is 0.0241. The Balaban J connectivity index is 2.87. The van der Waals surface area contributed by atoms with Crippen LogP contribution in [0.3, 0.4) is 0 Å². The number of aliphatic hydroxyl groups is 2. The Morgan fingerprint density at radius 1 is 1.62 bits per heavy atom. The number of nitrogens with one attached hydrogen (secondary N) is 1. The second-order valence-corrected chi connectivity index (χ2v) is 3.37. The highest BCUT2D eigenvalue weighted by molar-refractivity contribution is 5.19. The number of rotatable bonds is 4. The van der Waals surface area contributed by atoms with Gasteiger partial charge in [-0.1, -0.05) is 5.11 Å². The number of aromatic nitrogens is 1. The molecular weight excluding hydrogens is 212 g/mol. The van der Waals surface area contributed by atoms with E-state index in [-0.39, 0.29) is 12.1 Å². The van der Waals surface area contributed by atoms with Gasteiger partial charge in [0.15, 0.2) is 0 Å². The fraction of sp³-hybridized carbons (Fsp3) is 0.444. The lowest BCUT2D eigenvalue weighted by atomic mass is 10.1. The molecule has 0 aliphatic carbocycles. The van der Waals surface area contributed by atoms with Crippen LogP contribution in [-0.2, 0) is 0 Å². The average molecular weight is 224 g/mol. The molecule has 1 aromatic rings. The first-order chi connectivity index (χ1) is 7.56. The Bertz CT molecular complexity index is 464. The molecule has 2 atom stereocenters. The van der Waals surface area contributed by atoms with Crippen LogP contribution in [0.15, 0.2) is 22.2 Å². The van der Waals surface area contributed by atoms with Gasteiger partial charge in [0, 0.05) is 16.7 Å². The molecule has 2 unspecified atom stereocenters. The Kier molecular flexibility index (Phi) is 4.07. The number of nitrogens with zero attached hydrogens (tertiary/aromatic N) is 3. The average Bonchev–Trinajstić information content (AvgIpc) is 2.28. The van der Waals surface area contributed by atoms with Gasteiger partial charge in [-0.3, -0.25) is 4.79 Å². The molecule has 1 heterocycles. The van der Waals surface area contributed by atoms with Crippen molar-refractivity contribution in [2.45, 2.75) is 19.1 Å². The molecule has 1 rings (SSSR count). The fourth-order valence-electron chi connectivity index (χ4n) is 1.23. The number of aromatic amines is 1. The van der Waals surface area contributed by atoms with E-state index in [9.17, 15) is 15.0 Å². The number of aryl methyl sites for hydroxylation is 1. The lowest BCUT2D eigenvalue weighted by Crippen LogP contribution is -2.22. The summed E-state index contributed by atoms with van der Waals surface area (Å²) < 4.78 is 0. The second kappa shape index (κ2) is 5.32. The molecule has 0 spiro atoms. The first kappa shape index (κ1) is 12.3. The van der Waals surface area contributed by atoms with Crippen molar-refractivity contribution in [1.29, 1.82) is 0 Å². The minimum atomic E-state index is -1.19. The van der Waals surface area contributed by atoms with Crippen LogP contribution in [0.1, 0.15) is 17.2 Å². The number of azide groups is 1. The van der Waals surface area contributed by atoms with Gasteiger partial charge in [0.1, 0.15) is 6.10 Å². The molecule has 0 aliphatic rings. The molecule has 3 N–H and O–H groups in total. The van der Waals surface area contributed by atoms with Gasteiger partial charge in [0.25, 0.3) is 5.56 Å². The van der Waals surface area contributed by atoms with Crippen LogP contribution >= 0.6 is 0 Å². The number of hydrogen-bond donors (Lipinski definition) is 3. The van der Waals surface area contributed by atoms with Gasteiger partial charge < -0.3 is 15.2 Å². The molecule has 0 aromatic carbocycles. The molecule has 0 saturated carbocycles. The third-order valence-corrected chi connectivity index (χ3v) is 2.15. The van der Waals surface area contributed by atoms with E-state index in [0.29, 0.717) is 11.1 Å². The van der Waals surface area contributed by atoms with Crippen LogP contribution in [0.25, 0.3) is 10.4 Å². The summed E-state index contributed by atoms with van der Waals surface area (Å²) >= 11 is 0. The van der Waals surface area contributed by atoms with E-state index >= 15 is 0 Å². The molecule has 7 nitrogen and oxygen atoms in total. The van der Waals surface area contributed by atoms with Crippen molar-refractivity contribution in [3.05, 3.63) is 44.2 Å². The summed E-state index contributed by atoms with van der Waals surface area (Å²) in [7, 11) is 0. The Hall–Kier alpha value is -1.82. The van der Waals surface area contributed by atoms with E-state index in [1.807, 2.05) is 0 Å². The maximum absolute atomic E-state index is 11.1. The highest BCUT2D eigenvalue weighted by Crippen LogP contribution is 2.16. The van der Waals surface area contributed by atoms with E-state index < -0.39 is 12.2 Å². The quantitative estimate of drug-likeness (QED) is 0.389. The van der Waals surface area contributed by atoms with Crippen LogP contribution in [0, 0.1) is 6.92 Å². The fourth-order valence-corrected chi connectivity index (χ4v) is 1.23. The normalized spacial score (nSPS) is 13.9. The van der Waals surface area contributed by atoms with Gasteiger partial charge in [0.05, 0.1) is 12.6 Å². The zero-order chi connectivity index (χ0) is 12.1. The maximum atomic E-state index is 11.1. The number of hydrogen-bond acceptors (Lipinski definition) is 4. The van der Waals surface area contributed by atoms with Gasteiger partial charge in [-0.2, -0.15) is 0 Å². The Morgan fingerprint density at radius 2 is 2.31 bits per heavy atom. The molecule has 0 fully saturated rings. The molecule has 0 amide bonds. The monoisotopic (exact) mass is 224 g/mol. The molecule has 86 valence electrons. The van der Waals surface area contributed by atoms with Crippen LogP contribution in [0.4, 0.5) is 0 Å². The minimum Gasteiger partial charge on any atom is -0.390 e. The summed E-state index contributed by atoms with van der Waals surface area (Å²) in [4.78, 5) is 16.0. The van der Waals surface area contributed by atoms with Crippen LogP contribution in [0.5, 0.6) is 0 Å². The van der Waals surface area contributed by atoms with Crippen LogP contribution in [-0.4, -0.2) is 27.8 Å². The minimum absolute atomic E-state index is 0.226. The lowest BCUT2D eigenvalue weighted by Gasteiger charge is -2.16. The zero-order valence-electron chi connectivity index (χ0n) is 8.66. The van der Waals surface area contributed by atoms with Crippen molar-refractivity contribution >= 4 is 0 Å². The van der Waals surface area contributed by atoms with E-state index in [1.165, 1.54) is 12.3 Å². The molecular formula is C9H12N4O3. The van der Waals surface area contributed by atoms with E-state index in [1.54, 1.807) is 6.92 Å². The Morgan fingerprint density at radius 3 is 2.88 bits per heavy atom. The largest absolute Gasteiger partial charge is 0.390 e. The van der Waals surface area contributed by atoms with Gasteiger partial charge in [-0.05, 0) is 24.1 Å². The van der Waals surface area contributed by atoms with Crippen LogP contribution in [0.2, 0.25) is 0 Å². The predicted molar refractivity (Wildman–Crippen MR) is 56.8 cm³/mol. The summed E-state index contributed by atoms with van der Waals surface area (Å²) in [6, 6.07) is 1.48. The summed E-state index contributed by atoms with van der Waals surface area (Å²) in [6.45, 7) is 1.37.